The van der Waals surface area contributed by atoms with Crippen LogP contribution in [0.4, 0.5) is 4.39 Å². The predicted molar refractivity (Wildman–Crippen MR) is 78.2 cm³/mol. The number of rotatable bonds is 6. The number of hydrogen-bond donors (Lipinski definition) is 1. The number of ether oxygens (including phenoxy) is 1. The van der Waals surface area contributed by atoms with Gasteiger partial charge in [0, 0.05) is 5.54 Å². The molecule has 0 amide bonds. The van der Waals surface area contributed by atoms with Gasteiger partial charge in [-0.1, -0.05) is 18.2 Å². The molecule has 19 heavy (non-hydrogen) atoms. The monoisotopic (exact) mass is 265 g/mol. The third kappa shape index (κ3) is 6.39. The van der Waals surface area contributed by atoms with Gasteiger partial charge in [-0.25, -0.2) is 4.39 Å². The van der Waals surface area contributed by atoms with Crippen molar-refractivity contribution < 1.29 is 9.13 Å². The van der Waals surface area contributed by atoms with Crippen LogP contribution in [-0.4, -0.2) is 19.2 Å². The summed E-state index contributed by atoms with van der Waals surface area (Å²) >= 11 is 0. The lowest BCUT2D eigenvalue weighted by Crippen LogP contribution is -2.36. The van der Waals surface area contributed by atoms with Gasteiger partial charge >= 0.3 is 0 Å². The van der Waals surface area contributed by atoms with Crippen LogP contribution in [0.3, 0.4) is 0 Å². The van der Waals surface area contributed by atoms with Crippen LogP contribution in [0.1, 0.15) is 32.8 Å². The van der Waals surface area contributed by atoms with E-state index in [9.17, 15) is 4.39 Å². The lowest BCUT2D eigenvalue weighted by molar-refractivity contribution is 0.386. The van der Waals surface area contributed by atoms with E-state index < -0.39 is 0 Å². The Kier molecular flexibility index (Phi) is 6.03. The van der Waals surface area contributed by atoms with Crippen molar-refractivity contribution in [3.63, 3.8) is 0 Å². The van der Waals surface area contributed by atoms with E-state index in [0.717, 1.165) is 24.9 Å². The molecule has 0 saturated heterocycles. The summed E-state index contributed by atoms with van der Waals surface area (Å²) in [6.45, 7) is 7.40. The van der Waals surface area contributed by atoms with Gasteiger partial charge in [-0.2, -0.15) is 0 Å². The molecule has 1 N–H and O–H groups in total. The molecule has 0 radical (unpaired) electrons. The van der Waals surface area contributed by atoms with E-state index >= 15 is 0 Å². The average Bonchev–Trinajstić information content (AvgIpc) is 2.32. The maximum absolute atomic E-state index is 13.5. The van der Waals surface area contributed by atoms with Crippen molar-refractivity contribution in [3.8, 4) is 5.75 Å². The summed E-state index contributed by atoms with van der Waals surface area (Å²) < 4.78 is 18.3. The summed E-state index contributed by atoms with van der Waals surface area (Å²) in [5, 5.41) is 3.42. The second-order valence-corrected chi connectivity index (χ2v) is 5.61. The van der Waals surface area contributed by atoms with E-state index in [1.54, 1.807) is 6.07 Å². The molecule has 1 rings (SSSR count). The Balaban J connectivity index is 2.34. The van der Waals surface area contributed by atoms with E-state index in [0.29, 0.717) is 5.75 Å². The van der Waals surface area contributed by atoms with Gasteiger partial charge in [-0.05, 0) is 57.9 Å². The first-order valence-electron chi connectivity index (χ1n) is 6.65. The van der Waals surface area contributed by atoms with Crippen LogP contribution in [0.15, 0.2) is 30.4 Å². The Labute approximate surface area is 115 Å². The van der Waals surface area contributed by atoms with Crippen molar-refractivity contribution in [2.24, 2.45) is 0 Å². The van der Waals surface area contributed by atoms with E-state index in [2.05, 4.69) is 38.2 Å². The molecule has 2 nitrogen and oxygen atoms in total. The highest BCUT2D eigenvalue weighted by atomic mass is 19.1. The quantitative estimate of drug-likeness (QED) is 0.625. The first kappa shape index (κ1) is 15.7. The molecule has 1 aromatic rings. The van der Waals surface area contributed by atoms with E-state index in [4.69, 9.17) is 4.74 Å². The minimum Gasteiger partial charge on any atom is -0.494 e. The van der Waals surface area contributed by atoms with Gasteiger partial charge in [0.1, 0.15) is 0 Å². The Morgan fingerprint density at radius 2 is 2.00 bits per heavy atom. The molecule has 0 aliphatic heterocycles. The van der Waals surface area contributed by atoms with Crippen molar-refractivity contribution >= 4 is 0 Å². The fourth-order valence-electron chi connectivity index (χ4n) is 1.70. The summed E-state index contributed by atoms with van der Waals surface area (Å²) in [5.41, 5.74) is 1.12. The third-order valence-corrected chi connectivity index (χ3v) is 2.70. The summed E-state index contributed by atoms with van der Waals surface area (Å²) in [6.07, 6.45) is 5.93. The summed E-state index contributed by atoms with van der Waals surface area (Å²) in [6, 6.07) is 5.08. The van der Waals surface area contributed by atoms with Crippen LogP contribution in [0.5, 0.6) is 5.75 Å². The molecule has 0 aromatic heterocycles. The van der Waals surface area contributed by atoms with Crippen LogP contribution in [-0.2, 0) is 6.42 Å². The molecule has 0 atom stereocenters. The van der Waals surface area contributed by atoms with Gasteiger partial charge in [0.2, 0.25) is 0 Å². The minimum absolute atomic E-state index is 0.160. The zero-order valence-corrected chi connectivity index (χ0v) is 12.3. The van der Waals surface area contributed by atoms with Crippen LogP contribution in [0, 0.1) is 5.82 Å². The SMILES string of the molecule is COc1ccc(CC=CCCNC(C)(C)C)cc1F. The zero-order chi connectivity index (χ0) is 14.3. The van der Waals surface area contributed by atoms with Gasteiger partial charge in [0.15, 0.2) is 11.6 Å². The number of hydrogen-bond acceptors (Lipinski definition) is 2. The first-order chi connectivity index (χ1) is 8.92. The first-order valence-corrected chi connectivity index (χ1v) is 6.65. The fraction of sp³-hybridized carbons (Fsp3) is 0.500. The van der Waals surface area contributed by atoms with Crippen molar-refractivity contribution in [2.75, 3.05) is 13.7 Å². The zero-order valence-electron chi connectivity index (χ0n) is 12.3. The molecule has 0 aliphatic rings. The van der Waals surface area contributed by atoms with Crippen LogP contribution in [0.2, 0.25) is 0 Å². The Hall–Kier alpha value is -1.35. The topological polar surface area (TPSA) is 21.3 Å². The lowest BCUT2D eigenvalue weighted by atomic mass is 10.1. The van der Waals surface area contributed by atoms with Gasteiger partial charge < -0.3 is 10.1 Å². The van der Waals surface area contributed by atoms with Gasteiger partial charge in [-0.3, -0.25) is 0 Å². The summed E-state index contributed by atoms with van der Waals surface area (Å²) in [4.78, 5) is 0. The van der Waals surface area contributed by atoms with Crippen LogP contribution >= 0.6 is 0 Å². The molecule has 106 valence electrons. The number of methoxy groups -OCH3 is 1. The van der Waals surface area contributed by atoms with Crippen LogP contribution in [0.25, 0.3) is 0 Å². The Bertz CT molecular complexity index is 421. The van der Waals surface area contributed by atoms with Crippen molar-refractivity contribution in [1.29, 1.82) is 0 Å². The number of allylic oxidation sites excluding steroid dienone is 1. The molecule has 3 heteroatoms. The number of halogens is 1. The second kappa shape index (κ2) is 7.29. The molecule has 0 heterocycles. The molecule has 0 saturated carbocycles. The molecule has 1 aromatic carbocycles. The smallest absolute Gasteiger partial charge is 0.165 e. The predicted octanol–water partition coefficient (Wildman–Crippen LogP) is 3.71. The Morgan fingerprint density at radius 1 is 1.26 bits per heavy atom. The highest BCUT2D eigenvalue weighted by Crippen LogP contribution is 2.18. The lowest BCUT2D eigenvalue weighted by Gasteiger charge is -2.19. The van der Waals surface area contributed by atoms with Gasteiger partial charge in [0.05, 0.1) is 7.11 Å². The Morgan fingerprint density at radius 3 is 2.58 bits per heavy atom. The molecule has 0 aliphatic carbocycles. The summed E-state index contributed by atoms with van der Waals surface area (Å²) in [5.74, 6) is -0.00935. The third-order valence-electron chi connectivity index (χ3n) is 2.70. The molecular formula is C16H24FNO. The largest absolute Gasteiger partial charge is 0.494 e. The molecule has 0 spiro atoms. The standard InChI is InChI=1S/C16H24FNO/c1-16(2,3)18-11-7-5-6-8-13-9-10-15(19-4)14(17)12-13/h5-6,9-10,12,18H,7-8,11H2,1-4H3. The van der Waals surface area contributed by atoms with E-state index in [1.807, 2.05) is 6.07 Å². The van der Waals surface area contributed by atoms with E-state index in [1.165, 1.54) is 13.2 Å². The molecular weight excluding hydrogens is 241 g/mol. The average molecular weight is 265 g/mol. The highest BCUT2D eigenvalue weighted by Gasteiger charge is 2.06. The molecule has 0 bridgehead atoms. The van der Waals surface area contributed by atoms with E-state index in [-0.39, 0.29) is 11.4 Å². The van der Waals surface area contributed by atoms with Crippen LogP contribution < -0.4 is 10.1 Å². The maximum Gasteiger partial charge on any atom is 0.165 e. The van der Waals surface area contributed by atoms with Crippen molar-refractivity contribution in [3.05, 3.63) is 41.7 Å². The normalized spacial score (nSPS) is 12.1. The number of benzene rings is 1. The number of nitrogens with one attached hydrogen (secondary N) is 1. The second-order valence-electron chi connectivity index (χ2n) is 5.61. The highest BCUT2D eigenvalue weighted by molar-refractivity contribution is 5.30. The van der Waals surface area contributed by atoms with Gasteiger partial charge in [0.25, 0.3) is 0 Å². The van der Waals surface area contributed by atoms with Gasteiger partial charge in [-0.15, -0.1) is 0 Å². The minimum atomic E-state index is -0.303. The molecule has 0 fully saturated rings. The summed E-state index contributed by atoms with van der Waals surface area (Å²) in [7, 11) is 1.47. The maximum atomic E-state index is 13.5. The molecule has 0 unspecified atom stereocenters. The fourth-order valence-corrected chi connectivity index (χ4v) is 1.70. The van der Waals surface area contributed by atoms with Crippen molar-refractivity contribution in [1.82, 2.24) is 5.32 Å². The van der Waals surface area contributed by atoms with Crippen molar-refractivity contribution in [2.45, 2.75) is 39.2 Å².